The minimum Gasteiger partial charge on any atom is -0.374 e. The third-order valence-electron chi connectivity index (χ3n) is 3.59. The third kappa shape index (κ3) is 2.74. The summed E-state index contributed by atoms with van der Waals surface area (Å²) in [5.74, 6) is 0. The Morgan fingerprint density at radius 2 is 2.28 bits per heavy atom. The molecule has 1 N–H and O–H groups in total. The number of hydrogen-bond acceptors (Lipinski definition) is 4. The molecule has 1 fully saturated rings. The Morgan fingerprint density at radius 3 is 2.89 bits per heavy atom. The highest BCUT2D eigenvalue weighted by Gasteiger charge is 2.33. The van der Waals surface area contributed by atoms with E-state index in [1.807, 2.05) is 17.9 Å². The molecule has 5 nitrogen and oxygen atoms in total. The summed E-state index contributed by atoms with van der Waals surface area (Å²) in [6, 6.07) is 0.316. The van der Waals surface area contributed by atoms with Crippen LogP contribution < -0.4 is 5.32 Å². The Bertz CT molecular complexity index is 364. The van der Waals surface area contributed by atoms with Crippen LogP contribution in [-0.2, 0) is 11.3 Å². The summed E-state index contributed by atoms with van der Waals surface area (Å²) in [6.07, 6.45) is 4.33. The van der Waals surface area contributed by atoms with Crippen molar-refractivity contribution in [3.8, 4) is 0 Å². The zero-order valence-electron chi connectivity index (χ0n) is 11.6. The molecule has 0 aromatic carbocycles. The fourth-order valence-corrected chi connectivity index (χ4v) is 2.64. The van der Waals surface area contributed by atoms with Crippen LogP contribution in [0.4, 0.5) is 0 Å². The third-order valence-corrected chi connectivity index (χ3v) is 3.59. The van der Waals surface area contributed by atoms with Crippen LogP contribution in [0.2, 0.25) is 0 Å². The smallest absolute Gasteiger partial charge is 0.0897 e. The number of hydrogen-bond donors (Lipinski definition) is 1. The van der Waals surface area contributed by atoms with E-state index in [0.717, 1.165) is 32.8 Å². The summed E-state index contributed by atoms with van der Waals surface area (Å²) in [5.41, 5.74) is 1.26. The predicted octanol–water partition coefficient (Wildman–Crippen LogP) is 0.884. The maximum atomic E-state index is 5.92. The molecular formula is C13H24N4O. The molecule has 1 aliphatic heterocycles. The van der Waals surface area contributed by atoms with Crippen molar-refractivity contribution in [1.82, 2.24) is 20.0 Å². The van der Waals surface area contributed by atoms with Crippen molar-refractivity contribution in [2.75, 3.05) is 33.3 Å². The standard InChI is InChI=1S/C13H24N4O/c1-4-16-6-7-18-12(9-14-3)13(16)11-8-15-17(5-2)10-11/h8,10,12-14H,4-7,9H2,1-3H3. The van der Waals surface area contributed by atoms with Crippen LogP contribution in [0, 0.1) is 0 Å². The molecule has 0 radical (unpaired) electrons. The van der Waals surface area contributed by atoms with E-state index in [4.69, 9.17) is 4.74 Å². The summed E-state index contributed by atoms with van der Waals surface area (Å²) in [5, 5.41) is 7.61. The number of morpholine rings is 1. The van der Waals surface area contributed by atoms with Gasteiger partial charge in [0.15, 0.2) is 0 Å². The first-order valence-electron chi connectivity index (χ1n) is 6.82. The molecule has 1 saturated heterocycles. The van der Waals surface area contributed by atoms with E-state index in [0.29, 0.717) is 6.04 Å². The van der Waals surface area contributed by atoms with Gasteiger partial charge in [-0.1, -0.05) is 6.92 Å². The number of nitrogens with zero attached hydrogens (tertiary/aromatic N) is 3. The van der Waals surface area contributed by atoms with E-state index in [2.05, 4.69) is 35.4 Å². The quantitative estimate of drug-likeness (QED) is 0.845. The number of nitrogens with one attached hydrogen (secondary N) is 1. The number of aromatic nitrogens is 2. The van der Waals surface area contributed by atoms with E-state index in [1.54, 1.807) is 0 Å². The molecule has 2 atom stereocenters. The second-order valence-corrected chi connectivity index (χ2v) is 4.67. The van der Waals surface area contributed by atoms with Crippen LogP contribution in [0.5, 0.6) is 0 Å². The molecule has 102 valence electrons. The summed E-state index contributed by atoms with van der Waals surface area (Å²) in [7, 11) is 1.97. The number of rotatable bonds is 5. The molecule has 2 heterocycles. The average molecular weight is 252 g/mol. The summed E-state index contributed by atoms with van der Waals surface area (Å²) < 4.78 is 7.90. The van der Waals surface area contributed by atoms with Crippen molar-refractivity contribution in [3.05, 3.63) is 18.0 Å². The van der Waals surface area contributed by atoms with Crippen LogP contribution in [0.1, 0.15) is 25.5 Å². The van der Waals surface area contributed by atoms with Gasteiger partial charge in [-0.25, -0.2) is 0 Å². The lowest BCUT2D eigenvalue weighted by molar-refractivity contribution is -0.0686. The largest absolute Gasteiger partial charge is 0.374 e. The van der Waals surface area contributed by atoms with Crippen molar-refractivity contribution in [2.24, 2.45) is 0 Å². The van der Waals surface area contributed by atoms with Crippen LogP contribution >= 0.6 is 0 Å². The van der Waals surface area contributed by atoms with E-state index in [1.165, 1.54) is 5.56 Å². The molecule has 0 amide bonds. The van der Waals surface area contributed by atoms with Crippen molar-refractivity contribution in [1.29, 1.82) is 0 Å². The van der Waals surface area contributed by atoms with Gasteiger partial charge < -0.3 is 10.1 Å². The molecule has 1 aromatic rings. The zero-order valence-corrected chi connectivity index (χ0v) is 11.6. The average Bonchev–Trinajstić information content (AvgIpc) is 2.87. The minimum atomic E-state index is 0.207. The second kappa shape index (κ2) is 6.31. The first kappa shape index (κ1) is 13.5. The zero-order chi connectivity index (χ0) is 13.0. The summed E-state index contributed by atoms with van der Waals surface area (Å²) >= 11 is 0. The lowest BCUT2D eigenvalue weighted by atomic mass is 10.0. The Hall–Kier alpha value is -0.910. The monoisotopic (exact) mass is 252 g/mol. The van der Waals surface area contributed by atoms with Gasteiger partial charge in [0.05, 0.1) is 24.9 Å². The van der Waals surface area contributed by atoms with Crippen molar-refractivity contribution < 1.29 is 4.74 Å². The van der Waals surface area contributed by atoms with Gasteiger partial charge in [-0.15, -0.1) is 0 Å². The molecule has 0 spiro atoms. The van der Waals surface area contributed by atoms with Crippen molar-refractivity contribution >= 4 is 0 Å². The molecule has 2 unspecified atom stereocenters. The number of likely N-dealkylation sites (N-methyl/N-ethyl adjacent to an activating group) is 2. The van der Waals surface area contributed by atoms with Gasteiger partial charge in [-0.05, 0) is 20.5 Å². The highest BCUT2D eigenvalue weighted by Crippen LogP contribution is 2.28. The van der Waals surface area contributed by atoms with Crippen molar-refractivity contribution in [2.45, 2.75) is 32.5 Å². The normalized spacial score (nSPS) is 25.5. The van der Waals surface area contributed by atoms with E-state index in [9.17, 15) is 0 Å². The number of aryl methyl sites for hydroxylation is 1. The van der Waals surface area contributed by atoms with Crippen LogP contribution in [0.25, 0.3) is 0 Å². The van der Waals surface area contributed by atoms with E-state index < -0.39 is 0 Å². The molecule has 0 saturated carbocycles. The fraction of sp³-hybridized carbons (Fsp3) is 0.769. The molecular weight excluding hydrogens is 228 g/mol. The van der Waals surface area contributed by atoms with Gasteiger partial charge >= 0.3 is 0 Å². The molecule has 0 aliphatic carbocycles. The topological polar surface area (TPSA) is 42.3 Å². The minimum absolute atomic E-state index is 0.207. The van der Waals surface area contributed by atoms with Gasteiger partial charge in [0.25, 0.3) is 0 Å². The highest BCUT2D eigenvalue weighted by atomic mass is 16.5. The summed E-state index contributed by atoms with van der Waals surface area (Å²) in [6.45, 7) is 8.97. The fourth-order valence-electron chi connectivity index (χ4n) is 2.64. The molecule has 2 rings (SSSR count). The SMILES string of the molecule is CCN1CCOC(CNC)C1c1cnn(CC)c1. The predicted molar refractivity (Wildman–Crippen MR) is 71.6 cm³/mol. The maximum Gasteiger partial charge on any atom is 0.0897 e. The highest BCUT2D eigenvalue weighted by molar-refractivity contribution is 5.14. The van der Waals surface area contributed by atoms with Crippen LogP contribution in [-0.4, -0.2) is 54.1 Å². The van der Waals surface area contributed by atoms with Gasteiger partial charge in [0.1, 0.15) is 0 Å². The Kier molecular flexibility index (Phi) is 4.74. The van der Waals surface area contributed by atoms with Crippen LogP contribution in [0.3, 0.4) is 0 Å². The Labute approximate surface area is 109 Å². The lowest BCUT2D eigenvalue weighted by Crippen LogP contribution is -2.48. The van der Waals surface area contributed by atoms with E-state index in [-0.39, 0.29) is 6.10 Å². The second-order valence-electron chi connectivity index (χ2n) is 4.67. The molecule has 1 aromatic heterocycles. The maximum absolute atomic E-state index is 5.92. The first-order valence-corrected chi connectivity index (χ1v) is 6.82. The van der Waals surface area contributed by atoms with Crippen molar-refractivity contribution in [3.63, 3.8) is 0 Å². The molecule has 5 heteroatoms. The summed E-state index contributed by atoms with van der Waals surface area (Å²) in [4.78, 5) is 2.47. The number of ether oxygens (including phenoxy) is 1. The van der Waals surface area contributed by atoms with E-state index >= 15 is 0 Å². The van der Waals surface area contributed by atoms with Crippen LogP contribution in [0.15, 0.2) is 12.4 Å². The first-order chi connectivity index (χ1) is 8.80. The van der Waals surface area contributed by atoms with Gasteiger partial charge in [0, 0.05) is 31.4 Å². The molecule has 1 aliphatic rings. The molecule has 0 bridgehead atoms. The van der Waals surface area contributed by atoms with Gasteiger partial charge in [-0.2, -0.15) is 5.10 Å². The van der Waals surface area contributed by atoms with Gasteiger partial charge in [0.2, 0.25) is 0 Å². The lowest BCUT2D eigenvalue weighted by Gasteiger charge is -2.40. The van der Waals surface area contributed by atoms with Gasteiger partial charge in [-0.3, -0.25) is 9.58 Å². The Morgan fingerprint density at radius 1 is 1.44 bits per heavy atom. The molecule has 18 heavy (non-hydrogen) atoms. The Balaban J connectivity index is 2.21.